The number of amides is 3. The van der Waals surface area contributed by atoms with E-state index in [0.29, 0.717) is 16.7 Å². The average molecular weight is 572 g/mol. The summed E-state index contributed by atoms with van der Waals surface area (Å²) in [7, 11) is 0. The van der Waals surface area contributed by atoms with Gasteiger partial charge >= 0.3 is 12.1 Å². The first kappa shape index (κ1) is 32.9. The minimum Gasteiger partial charge on any atom is -0.508 e. The molecule has 2 rings (SSSR count). The van der Waals surface area contributed by atoms with Gasteiger partial charge in [-0.2, -0.15) is 0 Å². The number of esters is 1. The quantitative estimate of drug-likeness (QED) is 0.282. The highest BCUT2D eigenvalue weighted by Crippen LogP contribution is 2.27. The number of carbonyl (C=O) groups excluding carboxylic acids is 4. The summed E-state index contributed by atoms with van der Waals surface area (Å²) in [4.78, 5) is 53.5. The molecule has 0 spiro atoms. The normalized spacial score (nSPS) is 12.5. The van der Waals surface area contributed by atoms with E-state index in [1.54, 1.807) is 65.8 Å². The lowest BCUT2D eigenvalue weighted by Gasteiger charge is -2.34. The molecule has 2 unspecified atom stereocenters. The van der Waals surface area contributed by atoms with E-state index in [1.165, 1.54) is 23.1 Å². The Hall–Kier alpha value is -4.28. The maximum absolute atomic E-state index is 14.1. The van der Waals surface area contributed by atoms with Gasteiger partial charge in [0.05, 0.1) is 13.0 Å². The molecule has 0 bridgehead atoms. The van der Waals surface area contributed by atoms with Gasteiger partial charge in [0.1, 0.15) is 29.2 Å². The zero-order valence-electron chi connectivity index (χ0n) is 24.5. The van der Waals surface area contributed by atoms with Crippen LogP contribution in [0.3, 0.4) is 0 Å². The number of ether oxygens (including phenoxy) is 2. The van der Waals surface area contributed by atoms with Gasteiger partial charge in [0.2, 0.25) is 11.8 Å². The van der Waals surface area contributed by atoms with Crippen LogP contribution in [0.1, 0.15) is 63.8 Å². The largest absolute Gasteiger partial charge is 0.508 e. The summed E-state index contributed by atoms with van der Waals surface area (Å²) in [6, 6.07) is 8.54. The Morgan fingerprint density at radius 3 is 2.22 bits per heavy atom. The average Bonchev–Trinajstić information content (AvgIpc) is 2.88. The van der Waals surface area contributed by atoms with Gasteiger partial charge in [-0.3, -0.25) is 14.4 Å². The van der Waals surface area contributed by atoms with Crippen molar-refractivity contribution in [2.24, 2.45) is 0 Å². The van der Waals surface area contributed by atoms with E-state index in [0.717, 1.165) is 0 Å². The van der Waals surface area contributed by atoms with E-state index >= 15 is 0 Å². The molecule has 41 heavy (non-hydrogen) atoms. The van der Waals surface area contributed by atoms with Crippen molar-refractivity contribution in [2.75, 3.05) is 19.7 Å². The molecule has 4 N–H and O–H groups in total. The Bertz CT molecular complexity index is 1210. The van der Waals surface area contributed by atoms with Gasteiger partial charge in [0.15, 0.2) is 0 Å². The molecule has 11 heteroatoms. The van der Waals surface area contributed by atoms with Crippen molar-refractivity contribution in [2.45, 2.75) is 72.1 Å². The highest BCUT2D eigenvalue weighted by Gasteiger charge is 2.36. The van der Waals surface area contributed by atoms with E-state index in [2.05, 4.69) is 10.6 Å². The zero-order valence-corrected chi connectivity index (χ0v) is 24.5. The molecule has 0 aliphatic carbocycles. The lowest BCUT2D eigenvalue weighted by Crippen LogP contribution is -2.53. The summed E-state index contributed by atoms with van der Waals surface area (Å²) in [5.74, 6) is -1.49. The van der Waals surface area contributed by atoms with E-state index in [4.69, 9.17) is 9.47 Å². The van der Waals surface area contributed by atoms with Crippen LogP contribution in [-0.4, -0.2) is 70.3 Å². The number of nitrogens with one attached hydrogen (secondary N) is 2. The fourth-order valence-electron chi connectivity index (χ4n) is 4.12. The highest BCUT2D eigenvalue weighted by atomic mass is 16.6. The number of hydrogen-bond acceptors (Lipinski definition) is 8. The number of hydrogen-bond donors (Lipinski definition) is 4. The molecule has 3 amide bonds. The molecule has 2 atom stereocenters. The molecule has 11 nitrogen and oxygen atoms in total. The number of nitrogens with zero attached hydrogens (tertiary/aromatic N) is 1. The molecule has 0 aromatic heterocycles. The minimum absolute atomic E-state index is 0.00985. The standard InChI is InChI=1S/C30H41N3O8/c1-7-33(26(21-11-14-24(35)19(3)17-21)27(37)31-16-15-25(36)40-8-2)28(38)23(32-29(39)41-30(4,5)6)18-20-9-12-22(34)13-10-20/h9-14,17,23,26,34-35H,7-8,15-16,18H2,1-6H3,(H,31,37)(H,32,39). The van der Waals surface area contributed by atoms with E-state index < -0.39 is 41.6 Å². The fourth-order valence-corrected chi connectivity index (χ4v) is 4.12. The number of likely N-dealkylation sites (N-methyl/N-ethyl adjacent to an activating group) is 1. The summed E-state index contributed by atoms with van der Waals surface area (Å²) in [6.45, 7) is 10.5. The van der Waals surface area contributed by atoms with E-state index in [-0.39, 0.29) is 44.0 Å². The van der Waals surface area contributed by atoms with Crippen LogP contribution in [-0.2, 0) is 30.3 Å². The lowest BCUT2D eigenvalue weighted by atomic mass is 9.98. The zero-order chi connectivity index (χ0) is 30.7. The Labute approximate surface area is 240 Å². The number of alkyl carbamates (subject to hydrolysis) is 1. The molecule has 0 aliphatic heterocycles. The van der Waals surface area contributed by atoms with Crippen molar-refractivity contribution in [1.82, 2.24) is 15.5 Å². The first-order valence-electron chi connectivity index (χ1n) is 13.6. The minimum atomic E-state index is -1.14. The molecule has 0 aliphatic rings. The predicted octanol–water partition coefficient (Wildman–Crippen LogP) is 3.50. The summed E-state index contributed by atoms with van der Waals surface area (Å²) >= 11 is 0. The number of rotatable bonds is 12. The van der Waals surface area contributed by atoms with Gasteiger partial charge in [-0.05, 0) is 82.5 Å². The topological polar surface area (TPSA) is 154 Å². The number of benzene rings is 2. The number of phenols is 2. The highest BCUT2D eigenvalue weighted by molar-refractivity contribution is 5.92. The molecule has 2 aromatic carbocycles. The Morgan fingerprint density at radius 2 is 1.66 bits per heavy atom. The van der Waals surface area contributed by atoms with Crippen LogP contribution in [0.15, 0.2) is 42.5 Å². The second kappa shape index (κ2) is 14.9. The lowest BCUT2D eigenvalue weighted by molar-refractivity contribution is -0.144. The Balaban J connectivity index is 2.45. The van der Waals surface area contributed by atoms with E-state index in [1.807, 2.05) is 0 Å². The second-order valence-electron chi connectivity index (χ2n) is 10.5. The third kappa shape index (κ3) is 10.3. The molecule has 0 heterocycles. The maximum atomic E-state index is 14.1. The van der Waals surface area contributed by atoms with Crippen LogP contribution in [0.2, 0.25) is 0 Å². The van der Waals surface area contributed by atoms with Crippen LogP contribution >= 0.6 is 0 Å². The smallest absolute Gasteiger partial charge is 0.408 e. The van der Waals surface area contributed by atoms with Crippen molar-refractivity contribution in [1.29, 1.82) is 0 Å². The van der Waals surface area contributed by atoms with Gasteiger partial charge < -0.3 is 35.2 Å². The van der Waals surface area contributed by atoms with Gasteiger partial charge in [0, 0.05) is 19.5 Å². The van der Waals surface area contributed by atoms with Crippen molar-refractivity contribution < 1.29 is 38.9 Å². The summed E-state index contributed by atoms with van der Waals surface area (Å²) in [5.41, 5.74) is 0.780. The summed E-state index contributed by atoms with van der Waals surface area (Å²) in [6.07, 6.45) is -0.799. The molecule has 2 aromatic rings. The number of phenolic OH excluding ortho intramolecular Hbond substituents is 2. The van der Waals surface area contributed by atoms with Gasteiger partial charge in [0.25, 0.3) is 0 Å². The number of carbonyl (C=O) groups is 4. The van der Waals surface area contributed by atoms with Crippen LogP contribution < -0.4 is 10.6 Å². The van der Waals surface area contributed by atoms with Gasteiger partial charge in [-0.15, -0.1) is 0 Å². The van der Waals surface area contributed by atoms with E-state index in [9.17, 15) is 29.4 Å². The van der Waals surface area contributed by atoms with Crippen LogP contribution in [0.5, 0.6) is 11.5 Å². The molecule has 0 fully saturated rings. The van der Waals surface area contributed by atoms with Crippen molar-refractivity contribution in [3.05, 3.63) is 59.2 Å². The third-order valence-electron chi connectivity index (χ3n) is 6.02. The Morgan fingerprint density at radius 1 is 1.00 bits per heavy atom. The fraction of sp³-hybridized carbons (Fsp3) is 0.467. The SMILES string of the molecule is CCOC(=O)CCNC(=O)C(c1ccc(O)c(C)c1)N(CC)C(=O)C(Cc1ccc(O)cc1)NC(=O)OC(C)(C)C. The van der Waals surface area contributed by atoms with Gasteiger partial charge in [-0.25, -0.2) is 4.79 Å². The third-order valence-corrected chi connectivity index (χ3v) is 6.02. The number of aryl methyl sites for hydroxylation is 1. The molecule has 224 valence electrons. The van der Waals surface area contributed by atoms with Gasteiger partial charge in [-0.1, -0.05) is 18.2 Å². The molecule has 0 saturated carbocycles. The molecule has 0 saturated heterocycles. The van der Waals surface area contributed by atoms with Crippen molar-refractivity contribution in [3.63, 3.8) is 0 Å². The maximum Gasteiger partial charge on any atom is 0.408 e. The monoisotopic (exact) mass is 571 g/mol. The Kier molecular flexibility index (Phi) is 12.0. The second-order valence-corrected chi connectivity index (χ2v) is 10.5. The molecule has 0 radical (unpaired) electrons. The summed E-state index contributed by atoms with van der Waals surface area (Å²) in [5, 5.41) is 25.1. The molecular formula is C30H41N3O8. The van der Waals surface area contributed by atoms with Crippen LogP contribution in [0.25, 0.3) is 0 Å². The van der Waals surface area contributed by atoms with Crippen LogP contribution in [0, 0.1) is 6.92 Å². The number of aromatic hydroxyl groups is 2. The molecular weight excluding hydrogens is 530 g/mol. The first-order chi connectivity index (χ1) is 19.2. The van der Waals surface area contributed by atoms with Crippen molar-refractivity contribution in [3.8, 4) is 11.5 Å². The van der Waals surface area contributed by atoms with Crippen LogP contribution in [0.4, 0.5) is 4.79 Å². The first-order valence-corrected chi connectivity index (χ1v) is 13.6. The predicted molar refractivity (Wildman–Crippen MR) is 152 cm³/mol. The van der Waals surface area contributed by atoms with Crippen molar-refractivity contribution >= 4 is 23.9 Å². The summed E-state index contributed by atoms with van der Waals surface area (Å²) < 4.78 is 10.3.